The molecule has 1 saturated heterocycles. The maximum atomic E-state index is 12.7. The second kappa shape index (κ2) is 9.39. The Morgan fingerprint density at radius 3 is 2.42 bits per heavy atom. The van der Waals surface area contributed by atoms with Gasteiger partial charge in [-0.3, -0.25) is 19.2 Å². The lowest BCUT2D eigenvalue weighted by Gasteiger charge is -2.30. The SMILES string of the molecule is CC(=O)SCC(C)C(=O)N1CCC[C@H]1C(=O)N(C)CC(=O)OC(C)(C)C. The van der Waals surface area contributed by atoms with Gasteiger partial charge in [0.15, 0.2) is 5.12 Å². The Morgan fingerprint density at radius 1 is 1.27 bits per heavy atom. The Morgan fingerprint density at radius 2 is 1.88 bits per heavy atom. The first kappa shape index (κ1) is 22.5. The Hall–Kier alpha value is -1.57. The molecule has 1 rings (SSSR count). The predicted octanol–water partition coefficient (Wildman–Crippen LogP) is 1.69. The van der Waals surface area contributed by atoms with E-state index in [-0.39, 0.29) is 29.4 Å². The van der Waals surface area contributed by atoms with Crippen molar-refractivity contribution in [2.24, 2.45) is 5.92 Å². The first-order valence-electron chi connectivity index (χ1n) is 8.83. The van der Waals surface area contributed by atoms with Gasteiger partial charge in [0.25, 0.3) is 0 Å². The molecule has 2 amide bonds. The van der Waals surface area contributed by atoms with Crippen LogP contribution in [-0.4, -0.2) is 70.2 Å². The molecule has 1 unspecified atom stereocenters. The van der Waals surface area contributed by atoms with Gasteiger partial charge in [-0.15, -0.1) is 0 Å². The van der Waals surface area contributed by atoms with Crippen LogP contribution < -0.4 is 0 Å². The van der Waals surface area contributed by atoms with Crippen LogP contribution in [0.1, 0.15) is 47.5 Å². The smallest absolute Gasteiger partial charge is 0.326 e. The number of thioether (sulfide) groups is 1. The second-order valence-corrected chi connectivity index (χ2v) is 8.87. The van der Waals surface area contributed by atoms with Crippen molar-refractivity contribution in [3.05, 3.63) is 0 Å². The van der Waals surface area contributed by atoms with Crippen molar-refractivity contribution in [3.8, 4) is 0 Å². The molecule has 0 aromatic carbocycles. The first-order valence-corrected chi connectivity index (χ1v) is 9.81. The van der Waals surface area contributed by atoms with E-state index in [1.165, 1.54) is 11.8 Å². The van der Waals surface area contributed by atoms with Crippen LogP contribution >= 0.6 is 11.8 Å². The number of carbonyl (C=O) groups excluding carboxylic acids is 4. The fourth-order valence-corrected chi connectivity index (χ4v) is 3.41. The number of likely N-dealkylation sites (tertiary alicyclic amines) is 1. The summed E-state index contributed by atoms with van der Waals surface area (Å²) >= 11 is 1.11. The first-order chi connectivity index (χ1) is 11.9. The predicted molar refractivity (Wildman–Crippen MR) is 101 cm³/mol. The molecule has 8 heteroatoms. The summed E-state index contributed by atoms with van der Waals surface area (Å²) in [4.78, 5) is 51.3. The Balaban J connectivity index is 2.67. The maximum absolute atomic E-state index is 12.7. The fraction of sp³-hybridized carbons (Fsp3) is 0.778. The summed E-state index contributed by atoms with van der Waals surface area (Å²) < 4.78 is 5.24. The lowest BCUT2D eigenvalue weighted by atomic mass is 10.1. The van der Waals surface area contributed by atoms with Gasteiger partial charge in [-0.05, 0) is 33.6 Å². The molecule has 1 aliphatic rings. The molecule has 0 spiro atoms. The molecule has 1 heterocycles. The summed E-state index contributed by atoms with van der Waals surface area (Å²) in [6.45, 7) is 8.91. The average Bonchev–Trinajstić information content (AvgIpc) is 2.98. The van der Waals surface area contributed by atoms with Crippen LogP contribution in [0.3, 0.4) is 0 Å². The maximum Gasteiger partial charge on any atom is 0.326 e. The molecule has 26 heavy (non-hydrogen) atoms. The van der Waals surface area contributed by atoms with Crippen molar-refractivity contribution in [2.75, 3.05) is 25.9 Å². The number of esters is 1. The minimum absolute atomic E-state index is 0.0317. The second-order valence-electron chi connectivity index (χ2n) is 7.67. The van der Waals surface area contributed by atoms with E-state index in [2.05, 4.69) is 0 Å². The standard InChI is InChI=1S/C18H30N2O5S/c1-12(11-26-13(2)21)16(23)20-9-7-8-14(20)17(24)19(6)10-15(22)25-18(3,4)5/h12,14H,7-11H2,1-6H3/t12?,14-/m0/s1. The Bertz CT molecular complexity index is 558. The van der Waals surface area contributed by atoms with Crippen LogP contribution in [0.25, 0.3) is 0 Å². The summed E-state index contributed by atoms with van der Waals surface area (Å²) in [5, 5.41) is -0.0317. The largest absolute Gasteiger partial charge is 0.459 e. The van der Waals surface area contributed by atoms with E-state index >= 15 is 0 Å². The van der Waals surface area contributed by atoms with Gasteiger partial charge in [0.05, 0.1) is 0 Å². The highest BCUT2D eigenvalue weighted by molar-refractivity contribution is 8.13. The third kappa shape index (κ3) is 6.97. The van der Waals surface area contributed by atoms with E-state index in [1.807, 2.05) is 0 Å². The van der Waals surface area contributed by atoms with Gasteiger partial charge in [-0.2, -0.15) is 0 Å². The normalized spacial score (nSPS) is 18.4. The molecule has 7 nitrogen and oxygen atoms in total. The zero-order valence-corrected chi connectivity index (χ0v) is 17.4. The summed E-state index contributed by atoms with van der Waals surface area (Å²) in [6.07, 6.45) is 1.32. The summed E-state index contributed by atoms with van der Waals surface area (Å²) in [7, 11) is 1.54. The van der Waals surface area contributed by atoms with Gasteiger partial charge in [0.2, 0.25) is 11.8 Å². The molecule has 0 radical (unpaired) electrons. The minimum atomic E-state index is -0.611. The Kier molecular flexibility index (Phi) is 8.12. The molecule has 2 atom stereocenters. The van der Waals surface area contributed by atoms with Crippen molar-refractivity contribution in [1.82, 2.24) is 9.80 Å². The van der Waals surface area contributed by atoms with E-state index in [4.69, 9.17) is 4.74 Å². The molecular weight excluding hydrogens is 356 g/mol. The number of likely N-dealkylation sites (N-methyl/N-ethyl adjacent to an activating group) is 1. The highest BCUT2D eigenvalue weighted by atomic mass is 32.2. The highest BCUT2D eigenvalue weighted by Gasteiger charge is 2.37. The number of amides is 2. The Labute approximate surface area is 159 Å². The topological polar surface area (TPSA) is 84.0 Å². The number of hydrogen-bond donors (Lipinski definition) is 0. The van der Waals surface area contributed by atoms with Gasteiger partial charge in [-0.1, -0.05) is 18.7 Å². The van der Waals surface area contributed by atoms with Crippen molar-refractivity contribution >= 4 is 34.7 Å². The quantitative estimate of drug-likeness (QED) is 0.646. The van der Waals surface area contributed by atoms with Crippen LogP contribution in [0.5, 0.6) is 0 Å². The van der Waals surface area contributed by atoms with Crippen LogP contribution in [0.15, 0.2) is 0 Å². The van der Waals surface area contributed by atoms with Gasteiger partial charge in [0.1, 0.15) is 18.2 Å². The van der Waals surface area contributed by atoms with Gasteiger partial charge >= 0.3 is 5.97 Å². The number of ether oxygens (including phenoxy) is 1. The molecule has 0 aromatic rings. The molecule has 1 fully saturated rings. The van der Waals surface area contributed by atoms with E-state index in [1.54, 1.807) is 39.6 Å². The van der Waals surface area contributed by atoms with Gasteiger partial charge in [-0.25, -0.2) is 0 Å². The molecule has 1 aliphatic heterocycles. The molecule has 0 aliphatic carbocycles. The zero-order chi connectivity index (χ0) is 20.1. The number of nitrogens with zero attached hydrogens (tertiary/aromatic N) is 2. The van der Waals surface area contributed by atoms with Crippen molar-refractivity contribution < 1.29 is 23.9 Å². The third-order valence-electron chi connectivity index (χ3n) is 3.94. The van der Waals surface area contributed by atoms with E-state index in [0.29, 0.717) is 18.7 Å². The highest BCUT2D eigenvalue weighted by Crippen LogP contribution is 2.23. The van der Waals surface area contributed by atoms with Crippen LogP contribution in [0, 0.1) is 5.92 Å². The van der Waals surface area contributed by atoms with Gasteiger partial charge in [0, 0.05) is 32.2 Å². The van der Waals surface area contributed by atoms with Gasteiger partial charge < -0.3 is 14.5 Å². The number of rotatable bonds is 6. The molecule has 0 aromatic heterocycles. The summed E-state index contributed by atoms with van der Waals surface area (Å²) in [6, 6.07) is -0.556. The molecular formula is C18H30N2O5S. The zero-order valence-electron chi connectivity index (χ0n) is 16.5. The van der Waals surface area contributed by atoms with Crippen LogP contribution in [0.4, 0.5) is 0 Å². The van der Waals surface area contributed by atoms with E-state index in [0.717, 1.165) is 18.2 Å². The van der Waals surface area contributed by atoms with Crippen LogP contribution in [-0.2, 0) is 23.9 Å². The molecule has 0 saturated carbocycles. The van der Waals surface area contributed by atoms with Crippen molar-refractivity contribution in [1.29, 1.82) is 0 Å². The fourth-order valence-electron chi connectivity index (χ4n) is 2.78. The monoisotopic (exact) mass is 386 g/mol. The summed E-state index contributed by atoms with van der Waals surface area (Å²) in [5.41, 5.74) is -0.611. The number of hydrogen-bond acceptors (Lipinski definition) is 6. The lowest BCUT2D eigenvalue weighted by Crippen LogP contribution is -2.49. The van der Waals surface area contributed by atoms with E-state index < -0.39 is 17.6 Å². The number of carbonyl (C=O) groups is 4. The van der Waals surface area contributed by atoms with Crippen molar-refractivity contribution in [2.45, 2.75) is 59.1 Å². The van der Waals surface area contributed by atoms with E-state index in [9.17, 15) is 19.2 Å². The molecule has 0 N–H and O–H groups in total. The van der Waals surface area contributed by atoms with Crippen LogP contribution in [0.2, 0.25) is 0 Å². The minimum Gasteiger partial charge on any atom is -0.459 e. The molecule has 0 bridgehead atoms. The third-order valence-corrected chi connectivity index (χ3v) is 5.01. The van der Waals surface area contributed by atoms with Crippen molar-refractivity contribution in [3.63, 3.8) is 0 Å². The molecule has 148 valence electrons. The average molecular weight is 387 g/mol. The summed E-state index contributed by atoms with van der Waals surface area (Å²) in [5.74, 6) is -0.795. The lowest BCUT2D eigenvalue weighted by molar-refractivity contribution is -0.159.